The minimum absolute atomic E-state index is 0.158. The summed E-state index contributed by atoms with van der Waals surface area (Å²) in [4.78, 5) is 40.8. The molecule has 1 aromatic heterocycles. The smallest absolute Gasteiger partial charge is 0.299 e. The number of aromatic nitrogens is 1. The van der Waals surface area contributed by atoms with Gasteiger partial charge >= 0.3 is 0 Å². The van der Waals surface area contributed by atoms with Crippen LogP contribution in [0.4, 0.5) is 5.82 Å². The van der Waals surface area contributed by atoms with Crippen LogP contribution in [0.25, 0.3) is 0 Å². The Bertz CT molecular complexity index is 1470. The average Bonchev–Trinajstić information content (AvgIpc) is 3.51. The third kappa shape index (κ3) is 4.56. The van der Waals surface area contributed by atoms with Crippen LogP contribution in [0.3, 0.4) is 0 Å². The van der Waals surface area contributed by atoms with Crippen molar-refractivity contribution in [2.24, 2.45) is 15.8 Å². The Morgan fingerprint density at radius 1 is 1.21 bits per heavy atom. The second kappa shape index (κ2) is 10.2. The number of fused-ring (bicyclic) bond motifs is 1. The molecule has 1 saturated heterocycles. The van der Waals surface area contributed by atoms with Crippen LogP contribution in [0.5, 0.6) is 0 Å². The van der Waals surface area contributed by atoms with Gasteiger partial charge in [0.2, 0.25) is 5.70 Å². The summed E-state index contributed by atoms with van der Waals surface area (Å²) in [5.41, 5.74) is 3.79. The molecule has 3 aliphatic rings. The van der Waals surface area contributed by atoms with E-state index in [4.69, 9.17) is 10.8 Å². The van der Waals surface area contributed by atoms with Gasteiger partial charge in [-0.25, -0.2) is 4.98 Å². The lowest BCUT2D eigenvalue weighted by atomic mass is 10.1. The summed E-state index contributed by atoms with van der Waals surface area (Å²) in [6, 6.07) is 10.7. The van der Waals surface area contributed by atoms with Gasteiger partial charge in [0.15, 0.2) is 0 Å². The second-order valence-electron chi connectivity index (χ2n) is 9.75. The van der Waals surface area contributed by atoms with E-state index in [1.165, 1.54) is 0 Å². The lowest BCUT2D eigenvalue weighted by molar-refractivity contribution is -0.750. The van der Waals surface area contributed by atoms with Crippen LogP contribution in [0, 0.1) is 11.8 Å². The van der Waals surface area contributed by atoms with Crippen molar-refractivity contribution in [3.8, 4) is 11.8 Å². The van der Waals surface area contributed by atoms with E-state index in [-0.39, 0.29) is 22.4 Å². The number of anilines is 1. The normalized spacial score (nSPS) is 21.8. The molecule has 0 aliphatic carbocycles. The molecule has 1 aromatic carbocycles. The van der Waals surface area contributed by atoms with Crippen molar-refractivity contribution in [3.63, 3.8) is 0 Å². The molecule has 5 rings (SSSR count). The Morgan fingerprint density at radius 3 is 2.74 bits per heavy atom. The molecule has 0 saturated carbocycles. The molecule has 0 spiro atoms. The molecule has 2 atom stereocenters. The van der Waals surface area contributed by atoms with Gasteiger partial charge < -0.3 is 10.2 Å². The van der Waals surface area contributed by atoms with Crippen molar-refractivity contribution < 1.29 is 14.2 Å². The zero-order valence-corrected chi connectivity index (χ0v) is 21.7. The number of nitrogens with zero attached hydrogens (tertiary/aromatic N) is 5. The van der Waals surface area contributed by atoms with Crippen molar-refractivity contribution in [3.05, 3.63) is 83.1 Å². The SMILES string of the molecule is CC#CC(=O)N1CCCC1C1=C2C=NC=C[N+]2(N)C(c2ccc(C(=O)Nc3cc(C(C)C)ccn3)cc2)=N1. The topological polar surface area (TPSA) is 113 Å². The number of hydrogen-bond donors (Lipinski definition) is 2. The standard InChI is InChI=1S/C29H29N7O2/c1-4-6-26(37)35-15-5-7-23(35)27-24-18-31-14-16-36(24,30)28(34-27)20-8-10-21(11-9-20)29(38)33-25-17-22(19(2)3)12-13-32-25/h8-14,16-19,23H,5,7,15,30H2,1-3H3/p+1. The Morgan fingerprint density at radius 2 is 2.00 bits per heavy atom. The molecule has 3 aliphatic heterocycles. The van der Waals surface area contributed by atoms with Crippen LogP contribution in [0.15, 0.2) is 76.4 Å². The first-order chi connectivity index (χ1) is 18.3. The zero-order valence-electron chi connectivity index (χ0n) is 21.7. The number of amides is 2. The molecule has 0 bridgehead atoms. The summed E-state index contributed by atoms with van der Waals surface area (Å²) in [6.07, 6.45) is 8.44. The summed E-state index contributed by atoms with van der Waals surface area (Å²) >= 11 is 0. The molecule has 0 radical (unpaired) electrons. The van der Waals surface area contributed by atoms with Crippen molar-refractivity contribution in [2.75, 3.05) is 11.9 Å². The number of likely N-dealkylation sites (tertiary alicyclic amines) is 1. The number of benzene rings is 1. The van der Waals surface area contributed by atoms with Gasteiger partial charge in [0.1, 0.15) is 17.7 Å². The molecule has 9 heteroatoms. The van der Waals surface area contributed by atoms with Gasteiger partial charge in [-0.3, -0.25) is 14.6 Å². The van der Waals surface area contributed by atoms with Crippen molar-refractivity contribution in [1.29, 1.82) is 0 Å². The first-order valence-electron chi connectivity index (χ1n) is 12.6. The lowest BCUT2D eigenvalue weighted by Crippen LogP contribution is -2.53. The zero-order chi connectivity index (χ0) is 26.9. The predicted molar refractivity (Wildman–Crippen MR) is 147 cm³/mol. The molecule has 9 nitrogen and oxygen atoms in total. The minimum Gasteiger partial charge on any atom is -0.323 e. The van der Waals surface area contributed by atoms with E-state index in [1.54, 1.807) is 48.8 Å². The Kier molecular flexibility index (Phi) is 6.76. The number of carbonyl (C=O) groups excluding carboxylic acids is 2. The summed E-state index contributed by atoms with van der Waals surface area (Å²) in [5.74, 6) is 13.2. The number of hydrogen-bond acceptors (Lipinski definition) is 6. The number of aliphatic imine (C=N–C) groups is 2. The van der Waals surface area contributed by atoms with Gasteiger partial charge in [-0.05, 0) is 73.6 Å². The Labute approximate surface area is 222 Å². The van der Waals surface area contributed by atoms with E-state index in [0.717, 1.165) is 35.4 Å². The molecule has 3 N–H and O–H groups in total. The molecule has 2 aromatic rings. The maximum Gasteiger partial charge on any atom is 0.299 e. The number of allylic oxidation sites excluding steroid dienone is 1. The molecule has 1 fully saturated rings. The van der Waals surface area contributed by atoms with Gasteiger partial charge in [0.05, 0.1) is 24.0 Å². The van der Waals surface area contributed by atoms with Crippen molar-refractivity contribution >= 4 is 29.7 Å². The van der Waals surface area contributed by atoms with Crippen molar-refractivity contribution in [1.82, 2.24) is 9.88 Å². The van der Waals surface area contributed by atoms with Gasteiger partial charge in [-0.15, -0.1) is 4.59 Å². The predicted octanol–water partition coefficient (Wildman–Crippen LogP) is 3.69. The van der Waals surface area contributed by atoms with E-state index in [9.17, 15) is 9.59 Å². The van der Waals surface area contributed by atoms with Crippen LogP contribution < -0.4 is 11.2 Å². The molecule has 2 unspecified atom stereocenters. The monoisotopic (exact) mass is 508 g/mol. The summed E-state index contributed by atoms with van der Waals surface area (Å²) in [6.45, 7) is 6.46. The van der Waals surface area contributed by atoms with Crippen LogP contribution in [-0.4, -0.2) is 50.9 Å². The second-order valence-corrected chi connectivity index (χ2v) is 9.75. The quantitative estimate of drug-likeness (QED) is 0.364. The molecular weight excluding hydrogens is 478 g/mol. The molecule has 192 valence electrons. The summed E-state index contributed by atoms with van der Waals surface area (Å²) in [7, 11) is 0. The average molecular weight is 509 g/mol. The lowest BCUT2D eigenvalue weighted by Gasteiger charge is -2.27. The fourth-order valence-corrected chi connectivity index (χ4v) is 4.96. The van der Waals surface area contributed by atoms with Crippen LogP contribution in [-0.2, 0) is 4.79 Å². The highest BCUT2D eigenvalue weighted by molar-refractivity contribution is 6.05. The molecular formula is C29H30N7O2+. The maximum absolute atomic E-state index is 12.9. The first-order valence-corrected chi connectivity index (χ1v) is 12.6. The van der Waals surface area contributed by atoms with Crippen LogP contribution in [0.1, 0.15) is 61.0 Å². The van der Waals surface area contributed by atoms with E-state index in [0.29, 0.717) is 29.7 Å². The fraction of sp³-hybridized carbons (Fsp3) is 0.276. The number of quaternary nitrogens is 1. The largest absolute Gasteiger partial charge is 0.323 e. The van der Waals surface area contributed by atoms with E-state index in [2.05, 4.69) is 41.0 Å². The molecule has 4 heterocycles. The van der Waals surface area contributed by atoms with E-state index < -0.39 is 0 Å². The third-order valence-corrected chi connectivity index (χ3v) is 6.98. The number of rotatable bonds is 5. The van der Waals surface area contributed by atoms with E-state index in [1.807, 2.05) is 24.3 Å². The third-order valence-electron chi connectivity index (χ3n) is 6.98. The maximum atomic E-state index is 12.9. The first kappa shape index (κ1) is 25.3. The number of nitrogens with two attached hydrogens (primary N) is 1. The fourth-order valence-electron chi connectivity index (χ4n) is 4.96. The van der Waals surface area contributed by atoms with Crippen molar-refractivity contribution in [2.45, 2.75) is 45.6 Å². The highest BCUT2D eigenvalue weighted by Gasteiger charge is 2.48. The highest BCUT2D eigenvalue weighted by Crippen LogP contribution is 2.37. The molecule has 38 heavy (non-hydrogen) atoms. The Hall–Kier alpha value is -4.39. The number of amidine groups is 1. The van der Waals surface area contributed by atoms with Crippen LogP contribution in [0.2, 0.25) is 0 Å². The van der Waals surface area contributed by atoms with Crippen LogP contribution >= 0.6 is 0 Å². The van der Waals surface area contributed by atoms with Gasteiger partial charge in [0.25, 0.3) is 17.6 Å². The number of carbonyl (C=O) groups is 2. The summed E-state index contributed by atoms with van der Waals surface area (Å²) < 4.78 is -0.158. The minimum atomic E-state index is -0.253. The number of nitrogens with one attached hydrogen (secondary N) is 1. The van der Waals surface area contributed by atoms with Gasteiger partial charge in [0, 0.05) is 18.3 Å². The highest BCUT2D eigenvalue weighted by atomic mass is 16.2. The Balaban J connectivity index is 1.42. The van der Waals surface area contributed by atoms with Gasteiger partial charge in [-0.1, -0.05) is 19.8 Å². The van der Waals surface area contributed by atoms with E-state index >= 15 is 0 Å². The molecule has 2 amide bonds. The summed E-state index contributed by atoms with van der Waals surface area (Å²) in [5, 5.41) is 2.87. The number of pyridine rings is 1. The van der Waals surface area contributed by atoms with Gasteiger partial charge in [-0.2, -0.15) is 10.8 Å².